The maximum absolute atomic E-state index is 13.1. The van der Waals surface area contributed by atoms with Gasteiger partial charge >= 0.3 is 0 Å². The van der Waals surface area contributed by atoms with Gasteiger partial charge in [0.15, 0.2) is 0 Å². The zero-order valence-corrected chi connectivity index (χ0v) is 23.2. The first-order valence-corrected chi connectivity index (χ1v) is 14.0. The number of rotatable bonds is 9. The normalized spacial score (nSPS) is 20.6. The number of carbonyl (C=O) groups is 3. The molecule has 3 heterocycles. The Morgan fingerprint density at radius 3 is 2.58 bits per heavy atom. The number of nitrogens with zero attached hydrogens (tertiary/aromatic N) is 3. The summed E-state index contributed by atoms with van der Waals surface area (Å²) in [7, 11) is 3.26. The number of imide groups is 1. The Morgan fingerprint density at radius 1 is 1.07 bits per heavy atom. The summed E-state index contributed by atoms with van der Waals surface area (Å²) >= 11 is 0. The van der Waals surface area contributed by atoms with Gasteiger partial charge < -0.3 is 19.3 Å². The van der Waals surface area contributed by atoms with E-state index in [0.717, 1.165) is 79.9 Å². The Labute approximate surface area is 235 Å². The van der Waals surface area contributed by atoms with Crippen molar-refractivity contribution in [1.29, 1.82) is 5.26 Å². The number of hydrogen-bond acceptors (Lipinski definition) is 7. The highest BCUT2D eigenvalue weighted by Crippen LogP contribution is 2.41. The van der Waals surface area contributed by atoms with Crippen LogP contribution in [0.25, 0.3) is 0 Å². The van der Waals surface area contributed by atoms with E-state index in [4.69, 9.17) is 9.47 Å². The Balaban J connectivity index is 1.15. The van der Waals surface area contributed by atoms with E-state index in [-0.39, 0.29) is 24.1 Å². The summed E-state index contributed by atoms with van der Waals surface area (Å²) in [5.74, 6) is 0.653. The van der Waals surface area contributed by atoms with Gasteiger partial charge in [-0.1, -0.05) is 12.1 Å². The van der Waals surface area contributed by atoms with Gasteiger partial charge in [-0.25, -0.2) is 0 Å². The van der Waals surface area contributed by atoms with Crippen LogP contribution in [-0.2, 0) is 28.0 Å². The van der Waals surface area contributed by atoms with Gasteiger partial charge in [-0.3, -0.25) is 19.7 Å². The number of nitriles is 1. The van der Waals surface area contributed by atoms with Crippen LogP contribution in [-0.4, -0.2) is 67.4 Å². The number of likely N-dealkylation sites (tertiary alicyclic amines) is 1. The van der Waals surface area contributed by atoms with Crippen LogP contribution < -0.4 is 14.8 Å². The molecule has 1 unspecified atom stereocenters. The van der Waals surface area contributed by atoms with Crippen molar-refractivity contribution in [3.63, 3.8) is 0 Å². The molecule has 9 heteroatoms. The maximum atomic E-state index is 13.1. The zero-order chi connectivity index (χ0) is 28.3. The van der Waals surface area contributed by atoms with Crippen LogP contribution in [0, 0.1) is 11.3 Å². The fourth-order valence-corrected chi connectivity index (χ4v) is 6.32. The molecule has 1 atom stereocenters. The molecule has 1 N–H and O–H groups in total. The highest BCUT2D eigenvalue weighted by atomic mass is 16.5. The number of benzene rings is 2. The minimum Gasteiger partial charge on any atom is -0.497 e. The summed E-state index contributed by atoms with van der Waals surface area (Å²) in [5, 5.41) is 12.6. The van der Waals surface area contributed by atoms with E-state index in [0.29, 0.717) is 18.5 Å². The van der Waals surface area contributed by atoms with Crippen LogP contribution in [0.2, 0.25) is 0 Å². The average Bonchev–Trinajstić information content (AvgIpc) is 3.32. The molecular formula is C31H36N4O5. The third-order valence-electron chi connectivity index (χ3n) is 8.70. The number of piperidine rings is 2. The van der Waals surface area contributed by atoms with E-state index < -0.39 is 11.5 Å². The number of nitrogens with one attached hydrogen (secondary N) is 1. The van der Waals surface area contributed by atoms with Crippen LogP contribution in [0.15, 0.2) is 36.4 Å². The number of carbonyl (C=O) groups excluding carboxylic acids is 3. The maximum Gasteiger partial charge on any atom is 0.255 e. The first-order chi connectivity index (χ1) is 19.4. The fraction of sp³-hybridized carbons (Fsp3) is 0.484. The molecule has 40 heavy (non-hydrogen) atoms. The number of amides is 3. The molecule has 210 valence electrons. The lowest BCUT2D eigenvalue weighted by molar-refractivity contribution is -0.136. The Kier molecular flexibility index (Phi) is 8.08. The summed E-state index contributed by atoms with van der Waals surface area (Å²) in [4.78, 5) is 41.0. The van der Waals surface area contributed by atoms with E-state index in [1.165, 1.54) is 0 Å². The molecule has 0 aliphatic carbocycles. The number of hydrogen-bond donors (Lipinski definition) is 1. The van der Waals surface area contributed by atoms with Gasteiger partial charge in [-0.15, -0.1) is 0 Å². The highest BCUT2D eigenvalue weighted by Gasteiger charge is 2.40. The number of fused-ring (bicyclic) bond motifs is 1. The van der Waals surface area contributed by atoms with Gasteiger partial charge in [0.2, 0.25) is 11.8 Å². The third-order valence-corrected chi connectivity index (χ3v) is 8.70. The molecule has 0 saturated carbocycles. The SMILES string of the molecule is COc1ccc(OC)c(C2(C#N)CCN(CCCCc3cccc4c3CN(C3CCC(=O)NC3=O)C4=O)CC2)c1. The quantitative estimate of drug-likeness (QED) is 0.381. The molecule has 3 amide bonds. The van der Waals surface area contributed by atoms with Gasteiger partial charge in [0.05, 0.1) is 25.7 Å². The number of methoxy groups -OCH3 is 2. The second-order valence-corrected chi connectivity index (χ2v) is 10.9. The van der Waals surface area contributed by atoms with E-state index in [2.05, 4.69) is 22.4 Å². The monoisotopic (exact) mass is 544 g/mol. The largest absolute Gasteiger partial charge is 0.497 e. The van der Waals surface area contributed by atoms with Crippen molar-refractivity contribution in [3.8, 4) is 17.6 Å². The van der Waals surface area contributed by atoms with E-state index in [1.54, 1.807) is 19.1 Å². The Morgan fingerprint density at radius 2 is 1.88 bits per heavy atom. The molecule has 2 saturated heterocycles. The minimum atomic E-state index is -0.595. The molecule has 2 fully saturated rings. The van der Waals surface area contributed by atoms with Crippen LogP contribution in [0.4, 0.5) is 0 Å². The summed E-state index contributed by atoms with van der Waals surface area (Å²) < 4.78 is 11.0. The summed E-state index contributed by atoms with van der Waals surface area (Å²) in [5.41, 5.74) is 3.12. The summed E-state index contributed by atoms with van der Waals surface area (Å²) in [6.07, 6.45) is 4.94. The second kappa shape index (κ2) is 11.7. The summed E-state index contributed by atoms with van der Waals surface area (Å²) in [6.45, 7) is 3.04. The van der Waals surface area contributed by atoms with Gasteiger partial charge in [0.1, 0.15) is 17.5 Å². The third kappa shape index (κ3) is 5.28. The molecule has 3 aliphatic heterocycles. The lowest BCUT2D eigenvalue weighted by Crippen LogP contribution is -2.52. The van der Waals surface area contributed by atoms with E-state index in [1.807, 2.05) is 30.3 Å². The zero-order valence-electron chi connectivity index (χ0n) is 23.2. The molecule has 3 aliphatic rings. The lowest BCUT2D eigenvalue weighted by Gasteiger charge is -2.38. The molecular weight excluding hydrogens is 508 g/mol. The number of unbranched alkanes of at least 4 members (excludes halogenated alkanes) is 1. The standard InChI is InChI=1S/C31H36N4O5/c1-39-22-9-11-27(40-2)25(18-22)31(20-32)13-16-34(17-14-31)15-4-3-6-21-7-5-8-23-24(21)19-35(30(23)38)26-10-12-28(36)33-29(26)37/h5,7-9,11,18,26H,3-4,6,10,12-17,19H2,1-2H3,(H,33,36,37). The fourth-order valence-electron chi connectivity index (χ4n) is 6.32. The average molecular weight is 545 g/mol. The molecule has 9 nitrogen and oxygen atoms in total. The van der Waals surface area contributed by atoms with Gasteiger partial charge in [0, 0.05) is 24.1 Å². The number of ether oxygens (including phenoxy) is 2. The van der Waals surface area contributed by atoms with E-state index >= 15 is 0 Å². The molecule has 2 aromatic carbocycles. The first-order valence-electron chi connectivity index (χ1n) is 14.0. The predicted octanol–water partition coefficient (Wildman–Crippen LogP) is 3.34. The number of aryl methyl sites for hydroxylation is 1. The van der Waals surface area contributed by atoms with Crippen LogP contribution in [0.1, 0.15) is 65.6 Å². The lowest BCUT2D eigenvalue weighted by atomic mass is 9.73. The molecule has 2 aromatic rings. The van der Waals surface area contributed by atoms with Crippen molar-refractivity contribution in [2.24, 2.45) is 0 Å². The van der Waals surface area contributed by atoms with Crippen molar-refractivity contribution in [2.45, 2.75) is 62.9 Å². The van der Waals surface area contributed by atoms with Gasteiger partial charge in [-0.2, -0.15) is 5.26 Å². The molecule has 0 spiro atoms. The van der Waals surface area contributed by atoms with Crippen LogP contribution in [0.3, 0.4) is 0 Å². The molecule has 5 rings (SSSR count). The van der Waals surface area contributed by atoms with Crippen LogP contribution in [0.5, 0.6) is 11.5 Å². The first kappa shape index (κ1) is 27.7. The van der Waals surface area contributed by atoms with Gasteiger partial charge in [0.25, 0.3) is 5.91 Å². The Hall–Kier alpha value is -3.90. The van der Waals surface area contributed by atoms with Gasteiger partial charge in [-0.05, 0) is 93.6 Å². The summed E-state index contributed by atoms with van der Waals surface area (Å²) in [6, 6.07) is 13.5. The minimum absolute atomic E-state index is 0.131. The topological polar surface area (TPSA) is 112 Å². The van der Waals surface area contributed by atoms with E-state index in [9.17, 15) is 19.6 Å². The smallest absolute Gasteiger partial charge is 0.255 e. The van der Waals surface area contributed by atoms with Crippen molar-refractivity contribution in [1.82, 2.24) is 15.1 Å². The predicted molar refractivity (Wildman–Crippen MR) is 148 cm³/mol. The van der Waals surface area contributed by atoms with Crippen molar-refractivity contribution < 1.29 is 23.9 Å². The Bertz CT molecular complexity index is 1340. The molecule has 0 bridgehead atoms. The van der Waals surface area contributed by atoms with Crippen LogP contribution >= 0.6 is 0 Å². The van der Waals surface area contributed by atoms with Crippen molar-refractivity contribution >= 4 is 17.7 Å². The molecule has 0 radical (unpaired) electrons. The van der Waals surface area contributed by atoms with Crippen molar-refractivity contribution in [3.05, 3.63) is 58.7 Å². The second-order valence-electron chi connectivity index (χ2n) is 10.9. The molecule has 0 aromatic heterocycles. The van der Waals surface area contributed by atoms with Crippen molar-refractivity contribution in [2.75, 3.05) is 33.9 Å². The highest BCUT2D eigenvalue weighted by molar-refractivity contribution is 6.05.